The van der Waals surface area contributed by atoms with Crippen LogP contribution in [0, 0.1) is 0 Å². The van der Waals surface area contributed by atoms with Gasteiger partial charge in [-0.1, -0.05) is 0 Å². The lowest BCUT2D eigenvalue weighted by Crippen LogP contribution is -2.46. The zero-order chi connectivity index (χ0) is 9.72. The molecule has 0 saturated carbocycles. The fourth-order valence-corrected chi connectivity index (χ4v) is 0.671. The minimum atomic E-state index is -1.67. The Morgan fingerprint density at radius 1 is 0.667 bits per heavy atom. The van der Waals surface area contributed by atoms with Gasteiger partial charge in [-0.05, 0) is 0 Å². The first-order valence-electron chi connectivity index (χ1n) is 3.48. The summed E-state index contributed by atoms with van der Waals surface area (Å²) in [6, 6.07) is 0. The molecule has 0 aliphatic rings. The molecular weight excluding hydrogens is 169 g/mol. The van der Waals surface area contributed by atoms with Crippen LogP contribution in [0.25, 0.3) is 0 Å². The van der Waals surface area contributed by atoms with Gasteiger partial charge in [-0.3, -0.25) is 0 Å². The van der Waals surface area contributed by atoms with E-state index in [1.807, 2.05) is 0 Å². The molecule has 0 aromatic carbocycles. The molecule has 0 fully saturated rings. The molecule has 0 aliphatic heterocycles. The molecule has 4 atom stereocenters. The number of rotatable bonds is 5. The fourth-order valence-electron chi connectivity index (χ4n) is 0.671. The summed E-state index contributed by atoms with van der Waals surface area (Å²) in [5, 5.41) is 52.2. The van der Waals surface area contributed by atoms with Gasteiger partial charge in [0, 0.05) is 0 Å². The first-order valence-corrected chi connectivity index (χ1v) is 3.48. The van der Waals surface area contributed by atoms with Crippen molar-refractivity contribution in [2.75, 3.05) is 13.2 Å². The topological polar surface area (TPSA) is 121 Å². The predicted molar refractivity (Wildman–Crippen MR) is 38.2 cm³/mol. The first-order chi connectivity index (χ1) is 5.54. The third-order valence-corrected chi connectivity index (χ3v) is 1.51. The predicted octanol–water partition coefficient (Wildman–Crippen LogP) is -3.59. The SMILES string of the molecule is OC[C@@H](O)[C@H](O)[C@@H](O)[C@H](O)[13CH2]O. The van der Waals surface area contributed by atoms with Gasteiger partial charge in [0.1, 0.15) is 24.4 Å². The standard InChI is InChI=1S/C6H14O6/c7-1-3(9)5(11)6(12)4(10)2-8/h3-12H,1-2H2/t3-,4-,5+,6+/m1/s1/i1+1. The Kier molecular flexibility index (Phi) is 5.31. The van der Waals surface area contributed by atoms with Crippen LogP contribution in [0.15, 0.2) is 0 Å². The fraction of sp³-hybridized carbons (Fsp3) is 1.00. The quantitative estimate of drug-likeness (QED) is 0.245. The largest absolute Gasteiger partial charge is 0.394 e. The van der Waals surface area contributed by atoms with Gasteiger partial charge in [0.2, 0.25) is 0 Å². The first kappa shape index (κ1) is 11.8. The summed E-state index contributed by atoms with van der Waals surface area (Å²) in [7, 11) is 0. The van der Waals surface area contributed by atoms with E-state index in [4.69, 9.17) is 30.6 Å². The molecule has 6 heteroatoms. The van der Waals surface area contributed by atoms with Crippen molar-refractivity contribution in [2.24, 2.45) is 0 Å². The highest BCUT2D eigenvalue weighted by atomic mass is 16.4. The highest BCUT2D eigenvalue weighted by molar-refractivity contribution is 4.79. The molecule has 0 radical (unpaired) electrons. The van der Waals surface area contributed by atoms with E-state index in [1.54, 1.807) is 0 Å². The monoisotopic (exact) mass is 183 g/mol. The number of aliphatic hydroxyl groups is 6. The molecule has 0 bridgehead atoms. The van der Waals surface area contributed by atoms with Crippen molar-refractivity contribution in [3.8, 4) is 0 Å². The molecule has 0 aromatic rings. The molecule has 0 rings (SSSR count). The van der Waals surface area contributed by atoms with Crippen molar-refractivity contribution in [1.29, 1.82) is 0 Å². The second kappa shape index (κ2) is 5.41. The summed E-state index contributed by atoms with van der Waals surface area (Å²) in [4.78, 5) is 0. The number of hydrogen-bond acceptors (Lipinski definition) is 6. The average molecular weight is 183 g/mol. The van der Waals surface area contributed by atoms with E-state index in [1.165, 1.54) is 0 Å². The summed E-state index contributed by atoms with van der Waals surface area (Å²) in [5.74, 6) is 0. The molecular formula is C6H14O6. The second-order valence-electron chi connectivity index (χ2n) is 2.48. The van der Waals surface area contributed by atoms with Crippen molar-refractivity contribution in [2.45, 2.75) is 24.4 Å². The minimum absolute atomic E-state index is 0.726. The Bertz CT molecular complexity index is 105. The Balaban J connectivity index is 3.99. The van der Waals surface area contributed by atoms with E-state index in [9.17, 15) is 0 Å². The molecule has 0 saturated heterocycles. The summed E-state index contributed by atoms with van der Waals surface area (Å²) in [5.41, 5.74) is 0. The smallest absolute Gasteiger partial charge is 0.111 e. The van der Waals surface area contributed by atoms with Crippen LogP contribution in [0.2, 0.25) is 0 Å². The second-order valence-corrected chi connectivity index (χ2v) is 2.48. The summed E-state index contributed by atoms with van der Waals surface area (Å²) >= 11 is 0. The van der Waals surface area contributed by atoms with E-state index in [0.29, 0.717) is 0 Å². The number of hydrogen-bond donors (Lipinski definition) is 6. The van der Waals surface area contributed by atoms with Gasteiger partial charge in [0.05, 0.1) is 13.2 Å². The van der Waals surface area contributed by atoms with Crippen LogP contribution in [-0.2, 0) is 0 Å². The minimum Gasteiger partial charge on any atom is -0.394 e. The third-order valence-electron chi connectivity index (χ3n) is 1.51. The van der Waals surface area contributed by atoms with Crippen LogP contribution in [-0.4, -0.2) is 68.3 Å². The molecule has 6 N–H and O–H groups in total. The van der Waals surface area contributed by atoms with Gasteiger partial charge in [-0.25, -0.2) is 0 Å². The summed E-state index contributed by atoms with van der Waals surface area (Å²) < 4.78 is 0. The van der Waals surface area contributed by atoms with E-state index in [-0.39, 0.29) is 0 Å². The van der Waals surface area contributed by atoms with E-state index >= 15 is 0 Å². The normalized spacial score (nSPS) is 21.5. The van der Waals surface area contributed by atoms with Gasteiger partial charge in [-0.2, -0.15) is 0 Å². The van der Waals surface area contributed by atoms with Crippen molar-refractivity contribution in [3.63, 3.8) is 0 Å². The average Bonchev–Trinajstić information content (AvgIpc) is 2.12. The van der Waals surface area contributed by atoms with Crippen molar-refractivity contribution in [3.05, 3.63) is 0 Å². The van der Waals surface area contributed by atoms with Gasteiger partial charge < -0.3 is 30.6 Å². The molecule has 0 spiro atoms. The molecule has 74 valence electrons. The molecule has 6 nitrogen and oxygen atoms in total. The lowest BCUT2D eigenvalue weighted by atomic mass is 10.1. The Labute approximate surface area is 69.3 Å². The van der Waals surface area contributed by atoms with Gasteiger partial charge >= 0.3 is 0 Å². The molecule has 0 heterocycles. The van der Waals surface area contributed by atoms with Crippen molar-refractivity contribution < 1.29 is 30.6 Å². The number of aliphatic hydroxyl groups excluding tert-OH is 6. The summed E-state index contributed by atoms with van der Waals surface area (Å²) in [6.45, 7) is -1.45. The van der Waals surface area contributed by atoms with Gasteiger partial charge in [0.25, 0.3) is 0 Å². The van der Waals surface area contributed by atoms with Gasteiger partial charge in [-0.15, -0.1) is 0 Å². The molecule has 0 unspecified atom stereocenters. The van der Waals surface area contributed by atoms with Crippen LogP contribution in [0.3, 0.4) is 0 Å². The Morgan fingerprint density at radius 2 is 0.917 bits per heavy atom. The maximum absolute atomic E-state index is 8.96. The molecule has 0 aromatic heterocycles. The van der Waals surface area contributed by atoms with Crippen LogP contribution in [0.4, 0.5) is 0 Å². The van der Waals surface area contributed by atoms with Crippen molar-refractivity contribution >= 4 is 0 Å². The Morgan fingerprint density at radius 3 is 1.08 bits per heavy atom. The highest BCUT2D eigenvalue weighted by Gasteiger charge is 2.29. The highest BCUT2D eigenvalue weighted by Crippen LogP contribution is 2.03. The lowest BCUT2D eigenvalue weighted by molar-refractivity contribution is -0.123. The van der Waals surface area contributed by atoms with E-state index in [0.717, 1.165) is 0 Å². The van der Waals surface area contributed by atoms with Crippen LogP contribution in [0.5, 0.6) is 0 Å². The van der Waals surface area contributed by atoms with Crippen molar-refractivity contribution in [1.82, 2.24) is 0 Å². The van der Waals surface area contributed by atoms with E-state index < -0.39 is 37.6 Å². The van der Waals surface area contributed by atoms with Gasteiger partial charge in [0.15, 0.2) is 0 Å². The van der Waals surface area contributed by atoms with E-state index in [2.05, 4.69) is 0 Å². The maximum Gasteiger partial charge on any atom is 0.111 e. The zero-order valence-electron chi connectivity index (χ0n) is 6.41. The lowest BCUT2D eigenvalue weighted by Gasteiger charge is -2.24. The van der Waals surface area contributed by atoms with Crippen LogP contribution >= 0.6 is 0 Å². The molecule has 0 amide bonds. The Hall–Kier alpha value is -0.240. The van der Waals surface area contributed by atoms with Crippen LogP contribution < -0.4 is 0 Å². The van der Waals surface area contributed by atoms with Crippen LogP contribution in [0.1, 0.15) is 0 Å². The third kappa shape index (κ3) is 3.02. The molecule has 0 aliphatic carbocycles. The maximum atomic E-state index is 8.96. The molecule has 12 heavy (non-hydrogen) atoms. The summed E-state index contributed by atoms with van der Waals surface area (Å²) in [6.07, 6.45) is -6.39. The zero-order valence-corrected chi connectivity index (χ0v) is 6.41.